The molecule has 3 aromatic rings. The van der Waals surface area contributed by atoms with Crippen LogP contribution in [0, 0.1) is 0 Å². The van der Waals surface area contributed by atoms with Crippen molar-refractivity contribution in [2.45, 2.75) is 6.92 Å². The van der Waals surface area contributed by atoms with Gasteiger partial charge in [0, 0.05) is 16.8 Å². The van der Waals surface area contributed by atoms with Crippen molar-refractivity contribution < 1.29 is 4.79 Å². The molecule has 0 atom stereocenters. The topological polar surface area (TPSA) is 57.8 Å². The zero-order chi connectivity index (χ0) is 14.8. The Morgan fingerprint density at radius 3 is 2.52 bits per heavy atom. The lowest BCUT2D eigenvalue weighted by Crippen LogP contribution is -2.11. The Labute approximate surface area is 122 Å². The SMILES string of the molecule is C=C(C)C(=O)Nc1ccc(-c2nc3ccccc3[nH]2)cc1. The van der Waals surface area contributed by atoms with E-state index in [1.807, 2.05) is 48.5 Å². The van der Waals surface area contributed by atoms with Crippen LogP contribution in [0.5, 0.6) is 0 Å². The molecular formula is C17H15N3O. The van der Waals surface area contributed by atoms with E-state index in [0.717, 1.165) is 28.1 Å². The summed E-state index contributed by atoms with van der Waals surface area (Å²) in [6.07, 6.45) is 0. The molecular weight excluding hydrogens is 262 g/mol. The molecule has 2 N–H and O–H groups in total. The Balaban J connectivity index is 1.86. The number of nitrogens with zero attached hydrogens (tertiary/aromatic N) is 1. The van der Waals surface area contributed by atoms with E-state index >= 15 is 0 Å². The number of hydrogen-bond acceptors (Lipinski definition) is 2. The van der Waals surface area contributed by atoms with E-state index in [-0.39, 0.29) is 5.91 Å². The monoisotopic (exact) mass is 277 g/mol. The number of aromatic amines is 1. The first-order valence-corrected chi connectivity index (χ1v) is 6.65. The van der Waals surface area contributed by atoms with Gasteiger partial charge in [0.05, 0.1) is 11.0 Å². The molecule has 21 heavy (non-hydrogen) atoms. The fraction of sp³-hybridized carbons (Fsp3) is 0.0588. The number of benzene rings is 2. The molecule has 2 aromatic carbocycles. The first-order valence-electron chi connectivity index (χ1n) is 6.65. The lowest BCUT2D eigenvalue weighted by molar-refractivity contribution is -0.112. The Kier molecular flexibility index (Phi) is 3.28. The molecule has 0 spiro atoms. The molecule has 1 aromatic heterocycles. The third kappa shape index (κ3) is 2.69. The third-order valence-corrected chi connectivity index (χ3v) is 3.19. The van der Waals surface area contributed by atoms with E-state index in [4.69, 9.17) is 0 Å². The second-order valence-corrected chi connectivity index (χ2v) is 4.91. The quantitative estimate of drug-likeness (QED) is 0.716. The number of H-pyrrole nitrogens is 1. The van der Waals surface area contributed by atoms with Crippen molar-refractivity contribution in [2.24, 2.45) is 0 Å². The standard InChI is InChI=1S/C17H15N3O/c1-11(2)17(21)18-13-9-7-12(8-10-13)16-19-14-5-3-4-6-15(14)20-16/h3-10H,1H2,2H3,(H,18,21)(H,19,20). The van der Waals surface area contributed by atoms with Crippen molar-refractivity contribution >= 4 is 22.6 Å². The Morgan fingerprint density at radius 1 is 1.14 bits per heavy atom. The molecule has 4 heteroatoms. The summed E-state index contributed by atoms with van der Waals surface area (Å²) in [4.78, 5) is 19.4. The first kappa shape index (κ1) is 13.1. The van der Waals surface area contributed by atoms with Crippen LogP contribution in [-0.2, 0) is 4.79 Å². The summed E-state index contributed by atoms with van der Waals surface area (Å²) in [6, 6.07) is 15.4. The molecule has 4 nitrogen and oxygen atoms in total. The lowest BCUT2D eigenvalue weighted by atomic mass is 10.2. The maximum absolute atomic E-state index is 11.6. The molecule has 0 saturated carbocycles. The molecule has 1 heterocycles. The highest BCUT2D eigenvalue weighted by atomic mass is 16.1. The van der Waals surface area contributed by atoms with E-state index in [1.54, 1.807) is 6.92 Å². The van der Waals surface area contributed by atoms with Crippen molar-refractivity contribution in [3.63, 3.8) is 0 Å². The summed E-state index contributed by atoms with van der Waals surface area (Å²) in [6.45, 7) is 5.29. The van der Waals surface area contributed by atoms with Crippen LogP contribution in [0.1, 0.15) is 6.92 Å². The molecule has 0 aliphatic rings. The number of amides is 1. The summed E-state index contributed by atoms with van der Waals surface area (Å²) < 4.78 is 0. The summed E-state index contributed by atoms with van der Waals surface area (Å²) in [5.41, 5.74) is 4.14. The van der Waals surface area contributed by atoms with Gasteiger partial charge in [-0.05, 0) is 43.3 Å². The van der Waals surface area contributed by atoms with Gasteiger partial charge in [-0.15, -0.1) is 0 Å². The number of para-hydroxylation sites is 2. The minimum atomic E-state index is -0.175. The smallest absolute Gasteiger partial charge is 0.250 e. The highest BCUT2D eigenvalue weighted by Gasteiger charge is 2.06. The predicted molar refractivity (Wildman–Crippen MR) is 85.0 cm³/mol. The van der Waals surface area contributed by atoms with Crippen LogP contribution in [-0.4, -0.2) is 15.9 Å². The van der Waals surface area contributed by atoms with Crippen LogP contribution in [0.25, 0.3) is 22.4 Å². The molecule has 0 unspecified atom stereocenters. The van der Waals surface area contributed by atoms with Crippen molar-refractivity contribution in [1.82, 2.24) is 9.97 Å². The number of carbonyl (C=O) groups is 1. The number of nitrogens with one attached hydrogen (secondary N) is 2. The summed E-state index contributed by atoms with van der Waals surface area (Å²) >= 11 is 0. The number of rotatable bonds is 3. The Bertz CT molecular complexity index is 782. The summed E-state index contributed by atoms with van der Waals surface area (Å²) in [7, 11) is 0. The van der Waals surface area contributed by atoms with E-state index in [9.17, 15) is 4.79 Å². The zero-order valence-corrected chi connectivity index (χ0v) is 11.7. The molecule has 0 radical (unpaired) electrons. The molecule has 0 aliphatic heterocycles. The van der Waals surface area contributed by atoms with Crippen molar-refractivity contribution in [3.8, 4) is 11.4 Å². The van der Waals surface area contributed by atoms with Gasteiger partial charge in [-0.3, -0.25) is 4.79 Å². The van der Waals surface area contributed by atoms with Gasteiger partial charge in [0.1, 0.15) is 5.82 Å². The van der Waals surface area contributed by atoms with E-state index in [0.29, 0.717) is 5.57 Å². The summed E-state index contributed by atoms with van der Waals surface area (Å²) in [5.74, 6) is 0.639. The molecule has 0 bridgehead atoms. The van der Waals surface area contributed by atoms with Gasteiger partial charge in [0.25, 0.3) is 5.91 Å². The average molecular weight is 277 g/mol. The molecule has 3 rings (SSSR count). The van der Waals surface area contributed by atoms with Gasteiger partial charge >= 0.3 is 0 Å². The number of aromatic nitrogens is 2. The molecule has 0 fully saturated rings. The zero-order valence-electron chi connectivity index (χ0n) is 11.7. The maximum atomic E-state index is 11.6. The third-order valence-electron chi connectivity index (χ3n) is 3.19. The molecule has 104 valence electrons. The maximum Gasteiger partial charge on any atom is 0.250 e. The highest BCUT2D eigenvalue weighted by Crippen LogP contribution is 2.22. The number of anilines is 1. The van der Waals surface area contributed by atoms with Gasteiger partial charge in [0.15, 0.2) is 0 Å². The van der Waals surface area contributed by atoms with Gasteiger partial charge in [-0.2, -0.15) is 0 Å². The fourth-order valence-electron chi connectivity index (χ4n) is 2.04. The number of imidazole rings is 1. The number of hydrogen-bond donors (Lipinski definition) is 2. The van der Waals surface area contributed by atoms with Gasteiger partial charge in [0.2, 0.25) is 0 Å². The minimum Gasteiger partial charge on any atom is -0.338 e. The predicted octanol–water partition coefficient (Wildman–Crippen LogP) is 3.74. The van der Waals surface area contributed by atoms with Crippen LogP contribution in [0.3, 0.4) is 0 Å². The molecule has 0 saturated heterocycles. The number of carbonyl (C=O) groups excluding carboxylic acids is 1. The normalized spacial score (nSPS) is 10.5. The van der Waals surface area contributed by atoms with Crippen molar-refractivity contribution in [1.29, 1.82) is 0 Å². The van der Waals surface area contributed by atoms with E-state index in [2.05, 4.69) is 21.9 Å². The van der Waals surface area contributed by atoms with Crippen LogP contribution in [0.2, 0.25) is 0 Å². The average Bonchev–Trinajstić information content (AvgIpc) is 2.91. The number of fused-ring (bicyclic) bond motifs is 1. The van der Waals surface area contributed by atoms with Crippen molar-refractivity contribution in [3.05, 3.63) is 60.7 Å². The highest BCUT2D eigenvalue weighted by molar-refractivity contribution is 6.02. The van der Waals surface area contributed by atoms with Crippen LogP contribution in [0.4, 0.5) is 5.69 Å². The van der Waals surface area contributed by atoms with Gasteiger partial charge in [-0.1, -0.05) is 18.7 Å². The van der Waals surface area contributed by atoms with Crippen LogP contribution < -0.4 is 5.32 Å². The second kappa shape index (κ2) is 5.25. The van der Waals surface area contributed by atoms with Crippen LogP contribution >= 0.6 is 0 Å². The van der Waals surface area contributed by atoms with Crippen molar-refractivity contribution in [2.75, 3.05) is 5.32 Å². The first-order chi connectivity index (χ1) is 10.1. The minimum absolute atomic E-state index is 0.175. The summed E-state index contributed by atoms with van der Waals surface area (Å²) in [5, 5.41) is 2.78. The van der Waals surface area contributed by atoms with Crippen LogP contribution in [0.15, 0.2) is 60.7 Å². The molecule has 0 aliphatic carbocycles. The van der Waals surface area contributed by atoms with E-state index < -0.39 is 0 Å². The Morgan fingerprint density at radius 2 is 1.86 bits per heavy atom. The molecule has 1 amide bonds. The fourth-order valence-corrected chi connectivity index (χ4v) is 2.04. The second-order valence-electron chi connectivity index (χ2n) is 4.91. The Hall–Kier alpha value is -2.88. The van der Waals surface area contributed by atoms with E-state index in [1.165, 1.54) is 0 Å². The largest absolute Gasteiger partial charge is 0.338 e. The van der Waals surface area contributed by atoms with Gasteiger partial charge < -0.3 is 10.3 Å². The lowest BCUT2D eigenvalue weighted by Gasteiger charge is -2.05. The van der Waals surface area contributed by atoms with Gasteiger partial charge in [-0.25, -0.2) is 4.98 Å².